The van der Waals surface area contributed by atoms with Crippen molar-refractivity contribution in [1.29, 1.82) is 0 Å². The van der Waals surface area contributed by atoms with Gasteiger partial charge in [0.2, 0.25) is 0 Å². The molecule has 2 aromatic carbocycles. The monoisotopic (exact) mass is 254 g/mol. The molecule has 0 saturated carbocycles. The second-order valence-corrected chi connectivity index (χ2v) is 3.85. The molecule has 2 aromatic rings. The summed E-state index contributed by atoms with van der Waals surface area (Å²) in [6.07, 6.45) is 5.18. The number of hydrogen-bond acceptors (Lipinski definition) is 2. The van der Waals surface area contributed by atoms with Gasteiger partial charge in [-0.3, -0.25) is 0 Å². The van der Waals surface area contributed by atoms with Gasteiger partial charge in [0.25, 0.3) is 0 Å². The highest BCUT2D eigenvalue weighted by atomic mass is 16.3. The third-order valence-electron chi connectivity index (χ3n) is 2.42. The summed E-state index contributed by atoms with van der Waals surface area (Å²) in [5.74, 6) is 0.349. The number of aliphatic hydroxyl groups is 1. The van der Waals surface area contributed by atoms with Crippen LogP contribution in [-0.4, -0.2) is 10.2 Å². The zero-order valence-electron chi connectivity index (χ0n) is 10.7. The quantitative estimate of drug-likeness (QED) is 0.632. The Morgan fingerprint density at radius 3 is 2.16 bits per heavy atom. The van der Waals surface area contributed by atoms with Gasteiger partial charge in [-0.25, -0.2) is 0 Å². The Morgan fingerprint density at radius 2 is 1.58 bits per heavy atom. The van der Waals surface area contributed by atoms with E-state index in [9.17, 15) is 5.11 Å². The van der Waals surface area contributed by atoms with Crippen molar-refractivity contribution in [3.8, 4) is 5.75 Å². The van der Waals surface area contributed by atoms with Crippen LogP contribution >= 0.6 is 0 Å². The van der Waals surface area contributed by atoms with Crippen LogP contribution in [0.3, 0.4) is 0 Å². The first kappa shape index (κ1) is 14.6. The van der Waals surface area contributed by atoms with Gasteiger partial charge in [0.1, 0.15) is 5.75 Å². The van der Waals surface area contributed by atoms with Crippen LogP contribution in [0.2, 0.25) is 0 Å². The van der Waals surface area contributed by atoms with Crippen molar-refractivity contribution in [3.05, 3.63) is 84.6 Å². The Balaban J connectivity index is 0.000000191. The van der Waals surface area contributed by atoms with E-state index in [1.54, 1.807) is 18.2 Å². The first-order valence-electron chi connectivity index (χ1n) is 6.01. The molecular formula is C17H18O2. The lowest BCUT2D eigenvalue weighted by Gasteiger charge is -1.97. The average molecular weight is 254 g/mol. The molecule has 2 N–H and O–H groups in total. The Labute approximate surface area is 114 Å². The van der Waals surface area contributed by atoms with Gasteiger partial charge in [-0.2, -0.15) is 0 Å². The third-order valence-corrected chi connectivity index (χ3v) is 2.42. The first-order valence-corrected chi connectivity index (χ1v) is 6.01. The lowest BCUT2D eigenvalue weighted by Crippen LogP contribution is -1.79. The predicted octanol–water partition coefficient (Wildman–Crippen LogP) is 4.34. The van der Waals surface area contributed by atoms with Crippen molar-refractivity contribution in [3.63, 3.8) is 0 Å². The van der Waals surface area contributed by atoms with Crippen LogP contribution in [0, 0.1) is 0 Å². The van der Waals surface area contributed by atoms with E-state index >= 15 is 0 Å². The number of aromatic hydroxyl groups is 1. The molecule has 0 fully saturated rings. The van der Waals surface area contributed by atoms with Gasteiger partial charge < -0.3 is 10.2 Å². The molecule has 0 aliphatic rings. The zero-order valence-corrected chi connectivity index (χ0v) is 10.7. The number of benzene rings is 2. The Kier molecular flexibility index (Phi) is 6.59. The van der Waals surface area contributed by atoms with Gasteiger partial charge in [0.15, 0.2) is 0 Å². The number of phenolic OH excluding ortho intramolecular Hbond substituents is 1. The van der Waals surface area contributed by atoms with Crippen LogP contribution in [0.5, 0.6) is 5.75 Å². The molecule has 98 valence electrons. The van der Waals surface area contributed by atoms with Crippen LogP contribution in [0.1, 0.15) is 11.1 Å². The van der Waals surface area contributed by atoms with Crippen LogP contribution < -0.4 is 0 Å². The predicted molar refractivity (Wildman–Crippen MR) is 80.1 cm³/mol. The smallest absolute Gasteiger partial charge is 0.119 e. The van der Waals surface area contributed by atoms with Gasteiger partial charge in [0, 0.05) is 0 Å². The van der Waals surface area contributed by atoms with Crippen LogP contribution in [0.25, 0.3) is 6.08 Å². The largest absolute Gasteiger partial charge is 0.516 e. The second kappa shape index (κ2) is 8.59. The fraction of sp³-hybridized carbons (Fsp3) is 0.0588. The van der Waals surface area contributed by atoms with Gasteiger partial charge in [-0.1, -0.05) is 54.6 Å². The Hall–Kier alpha value is -2.48. The lowest BCUT2D eigenvalue weighted by molar-refractivity contribution is 0.469. The molecule has 0 radical (unpaired) electrons. The summed E-state index contributed by atoms with van der Waals surface area (Å²) < 4.78 is 0. The summed E-state index contributed by atoms with van der Waals surface area (Å²) in [5.41, 5.74) is 1.94. The van der Waals surface area contributed by atoms with Crippen molar-refractivity contribution in [2.45, 2.75) is 6.42 Å². The normalized spacial score (nSPS) is 9.68. The maximum absolute atomic E-state index is 9.19. The van der Waals surface area contributed by atoms with Gasteiger partial charge in [-0.15, -0.1) is 6.58 Å². The molecule has 0 aromatic heterocycles. The highest BCUT2D eigenvalue weighted by molar-refractivity contribution is 5.47. The fourth-order valence-electron chi connectivity index (χ4n) is 1.49. The molecule has 2 heteroatoms. The molecular weight excluding hydrogens is 236 g/mol. The molecule has 0 heterocycles. The average Bonchev–Trinajstić information content (AvgIpc) is 2.44. The lowest BCUT2D eigenvalue weighted by atomic mass is 10.1. The highest BCUT2D eigenvalue weighted by Crippen LogP contribution is 2.15. The molecule has 0 aliphatic heterocycles. The molecule has 0 unspecified atom stereocenters. The fourth-order valence-corrected chi connectivity index (χ4v) is 1.49. The molecule has 0 spiro atoms. The van der Waals surface area contributed by atoms with Crippen LogP contribution in [-0.2, 0) is 6.42 Å². The third kappa shape index (κ3) is 5.59. The summed E-state index contributed by atoms with van der Waals surface area (Å²) in [6.45, 7) is 3.59. The zero-order chi connectivity index (χ0) is 13.9. The van der Waals surface area contributed by atoms with Crippen molar-refractivity contribution in [2.75, 3.05) is 0 Å². The minimum atomic E-state index is 0.349. The van der Waals surface area contributed by atoms with Crippen molar-refractivity contribution in [1.82, 2.24) is 0 Å². The molecule has 0 saturated heterocycles. The summed E-state index contributed by atoms with van der Waals surface area (Å²) in [6, 6.07) is 16.9. The van der Waals surface area contributed by atoms with E-state index < -0.39 is 0 Å². The number of para-hydroxylation sites is 1. The number of hydrogen-bond donors (Lipinski definition) is 2. The van der Waals surface area contributed by atoms with E-state index in [0.29, 0.717) is 5.75 Å². The molecule has 2 nitrogen and oxygen atoms in total. The van der Waals surface area contributed by atoms with Crippen LogP contribution in [0.15, 0.2) is 73.5 Å². The number of allylic oxidation sites excluding steroid dienone is 1. The van der Waals surface area contributed by atoms with E-state index in [4.69, 9.17) is 5.11 Å². The SMILES string of the molecule is C=CCc1ccccc1O.OC=Cc1ccccc1. The van der Waals surface area contributed by atoms with Crippen molar-refractivity contribution >= 4 is 6.08 Å². The van der Waals surface area contributed by atoms with E-state index in [0.717, 1.165) is 23.8 Å². The Bertz CT molecular complexity index is 516. The summed E-state index contributed by atoms with van der Waals surface area (Å²) in [7, 11) is 0. The van der Waals surface area contributed by atoms with Crippen LogP contribution in [0.4, 0.5) is 0 Å². The first-order chi connectivity index (χ1) is 9.27. The maximum Gasteiger partial charge on any atom is 0.119 e. The minimum absolute atomic E-state index is 0.349. The van der Waals surface area contributed by atoms with Gasteiger partial charge in [0.05, 0.1) is 6.26 Å². The summed E-state index contributed by atoms with van der Waals surface area (Å²) in [5, 5.41) is 17.5. The molecule has 0 amide bonds. The van der Waals surface area contributed by atoms with E-state index in [-0.39, 0.29) is 0 Å². The second-order valence-electron chi connectivity index (χ2n) is 3.85. The van der Waals surface area contributed by atoms with E-state index in [1.165, 1.54) is 0 Å². The summed E-state index contributed by atoms with van der Waals surface area (Å²) >= 11 is 0. The number of aliphatic hydroxyl groups excluding tert-OH is 1. The Morgan fingerprint density at radius 1 is 0.947 bits per heavy atom. The van der Waals surface area contributed by atoms with E-state index in [1.807, 2.05) is 48.5 Å². The highest BCUT2D eigenvalue weighted by Gasteiger charge is 1.93. The number of rotatable bonds is 3. The molecule has 0 bridgehead atoms. The molecule has 19 heavy (non-hydrogen) atoms. The molecule has 2 rings (SSSR count). The van der Waals surface area contributed by atoms with Crippen molar-refractivity contribution in [2.24, 2.45) is 0 Å². The summed E-state index contributed by atoms with van der Waals surface area (Å²) in [4.78, 5) is 0. The standard InChI is InChI=1S/C9H10O.C8H8O/c1-2-5-8-6-3-4-7-9(8)10;9-7-6-8-4-2-1-3-5-8/h2-4,6-7,10H,1,5H2;1-7,9H. The molecule has 0 aliphatic carbocycles. The number of phenols is 1. The van der Waals surface area contributed by atoms with Gasteiger partial charge in [-0.05, 0) is 29.7 Å². The molecule has 0 atom stereocenters. The minimum Gasteiger partial charge on any atom is -0.516 e. The van der Waals surface area contributed by atoms with Gasteiger partial charge >= 0.3 is 0 Å². The topological polar surface area (TPSA) is 40.5 Å². The van der Waals surface area contributed by atoms with Crippen molar-refractivity contribution < 1.29 is 10.2 Å². The maximum atomic E-state index is 9.19. The van der Waals surface area contributed by atoms with E-state index in [2.05, 4.69) is 6.58 Å².